The van der Waals surface area contributed by atoms with E-state index in [0.29, 0.717) is 35.9 Å². The Morgan fingerprint density at radius 2 is 1.79 bits per heavy atom. The molecule has 160 valence electrons. The van der Waals surface area contributed by atoms with Crippen LogP contribution < -0.4 is 38.5 Å². The highest BCUT2D eigenvalue weighted by Crippen LogP contribution is 2.32. The zero-order chi connectivity index (χ0) is 21.8. The van der Waals surface area contributed by atoms with Crippen LogP contribution in [0.3, 0.4) is 0 Å². The number of carbonyl (C=O) groups is 1. The predicted molar refractivity (Wildman–Crippen MR) is 115 cm³/mol. The van der Waals surface area contributed by atoms with Crippen molar-refractivity contribution in [3.05, 3.63) is 36.4 Å². The van der Waals surface area contributed by atoms with Crippen molar-refractivity contribution < 1.29 is 19.1 Å². The molecule has 0 radical (unpaired) electrons. The van der Waals surface area contributed by atoms with Crippen LogP contribution in [-0.4, -0.2) is 33.3 Å². The normalized spacial score (nSPS) is 11.3. The molecule has 13 N–H and O–H groups in total. The van der Waals surface area contributed by atoms with Crippen molar-refractivity contribution in [2.75, 3.05) is 29.1 Å². The number of aromatic nitrogens is 1. The Morgan fingerprint density at radius 1 is 1.10 bits per heavy atom. The maximum Gasteiger partial charge on any atom is 0.391 e. The fourth-order valence-corrected chi connectivity index (χ4v) is 2.41. The van der Waals surface area contributed by atoms with E-state index in [-0.39, 0.29) is 11.7 Å². The number of amides is 1. The van der Waals surface area contributed by atoms with Crippen molar-refractivity contribution in [1.29, 1.82) is 0 Å². The molecular weight excluding hydrogens is 397 g/mol. The first-order valence-electron chi connectivity index (χ1n) is 8.73. The lowest BCUT2D eigenvalue weighted by molar-refractivity contribution is -0.117. The van der Waals surface area contributed by atoms with Crippen molar-refractivity contribution in [2.45, 2.75) is 25.3 Å². The van der Waals surface area contributed by atoms with Crippen molar-refractivity contribution in [1.82, 2.24) is 4.98 Å². The van der Waals surface area contributed by atoms with Gasteiger partial charge in [-0.3, -0.25) is 4.79 Å². The fourth-order valence-electron chi connectivity index (χ4n) is 2.07. The van der Waals surface area contributed by atoms with Crippen molar-refractivity contribution in [2.24, 2.45) is 11.5 Å². The zero-order valence-corrected chi connectivity index (χ0v) is 16.8. The molecule has 0 fully saturated rings. The molecule has 1 unspecified atom stereocenters. The second kappa shape index (κ2) is 12.7. The van der Waals surface area contributed by atoms with E-state index in [9.17, 15) is 4.79 Å². The molecule has 1 atom stereocenters. The lowest BCUT2D eigenvalue weighted by atomic mass is 10.1. The van der Waals surface area contributed by atoms with Gasteiger partial charge in [0.1, 0.15) is 11.6 Å². The Kier molecular flexibility index (Phi) is 10.7. The highest BCUT2D eigenvalue weighted by molar-refractivity contribution is 7.39. The van der Waals surface area contributed by atoms with Crippen molar-refractivity contribution >= 4 is 37.5 Å². The van der Waals surface area contributed by atoms with E-state index in [1.165, 1.54) is 0 Å². The first kappa shape index (κ1) is 24.3. The summed E-state index contributed by atoms with van der Waals surface area (Å²) in [5.41, 5.74) is 28.4. The number of hydrogen-bond acceptors (Lipinski definition) is 10. The smallest absolute Gasteiger partial charge is 0.391 e. The van der Waals surface area contributed by atoms with Gasteiger partial charge in [0.2, 0.25) is 5.91 Å². The molecule has 29 heavy (non-hydrogen) atoms. The summed E-state index contributed by atoms with van der Waals surface area (Å²) in [4.78, 5) is 32.6. The molecule has 0 bridgehead atoms. The van der Waals surface area contributed by atoms with Gasteiger partial charge in [0, 0.05) is 0 Å². The Balaban J connectivity index is 0.000000326. The summed E-state index contributed by atoms with van der Waals surface area (Å²) in [6.07, 6.45) is 2.27. The minimum atomic E-state index is -2.37. The highest BCUT2D eigenvalue weighted by Gasteiger charge is 2.13. The summed E-state index contributed by atoms with van der Waals surface area (Å²) < 4.78 is 4.60. The summed E-state index contributed by atoms with van der Waals surface area (Å²) in [6.45, 7) is 0.602. The SMILES string of the molecule is NCCCCC(N)C(=O)Nc1ccc(N)c(N)n1.Nc1ccccc1OP(O)O. The number of unbranched alkanes of at least 4 members (excludes halogenated alkanes) is 1. The van der Waals surface area contributed by atoms with E-state index in [1.54, 1.807) is 36.4 Å². The summed E-state index contributed by atoms with van der Waals surface area (Å²) in [6, 6.07) is 9.21. The fraction of sp³-hybridized carbons (Fsp3) is 0.294. The molecule has 0 aliphatic carbocycles. The number of anilines is 4. The molecule has 0 aliphatic rings. The lowest BCUT2D eigenvalue weighted by Crippen LogP contribution is -2.35. The number of nitrogens with two attached hydrogens (primary N) is 5. The van der Waals surface area contributed by atoms with Crippen LogP contribution in [-0.2, 0) is 4.79 Å². The summed E-state index contributed by atoms with van der Waals surface area (Å²) in [7, 11) is -2.37. The number of nitrogen functional groups attached to an aromatic ring is 3. The first-order valence-corrected chi connectivity index (χ1v) is 9.90. The number of rotatable bonds is 8. The zero-order valence-electron chi connectivity index (χ0n) is 15.9. The topological polar surface area (TPSA) is 222 Å². The standard InChI is InChI=1S/C11H20N6O.C6H8NO3P/c12-6-2-1-3-8(14)11(18)17-9-5-4-7(13)10(15)16-9;7-5-3-1-2-4-6(5)10-11(8)9/h4-5,8H,1-3,6,12-14H2,(H3,15,16,17,18);1-4,8-9H,7H2. The second-order valence-electron chi connectivity index (χ2n) is 5.93. The largest absolute Gasteiger partial charge is 0.425 e. The third-order valence-corrected chi connectivity index (χ3v) is 3.97. The van der Waals surface area contributed by atoms with Gasteiger partial charge >= 0.3 is 8.60 Å². The molecule has 0 spiro atoms. The van der Waals surface area contributed by atoms with Crippen LogP contribution in [0.1, 0.15) is 19.3 Å². The number of benzene rings is 1. The molecule has 0 saturated carbocycles. The number of carbonyl (C=O) groups excluding carboxylic acids is 1. The Hall–Kier alpha value is -2.69. The van der Waals surface area contributed by atoms with E-state index >= 15 is 0 Å². The van der Waals surface area contributed by atoms with E-state index < -0.39 is 14.6 Å². The Bertz CT molecular complexity index is 779. The van der Waals surface area contributed by atoms with Gasteiger partial charge in [0.15, 0.2) is 5.75 Å². The monoisotopic (exact) mass is 425 g/mol. The highest BCUT2D eigenvalue weighted by atomic mass is 31.2. The van der Waals surface area contributed by atoms with Crippen LogP contribution in [0.5, 0.6) is 5.75 Å². The Labute approximate surface area is 170 Å². The van der Waals surface area contributed by atoms with Gasteiger partial charge in [-0.15, -0.1) is 0 Å². The lowest BCUT2D eigenvalue weighted by Gasteiger charge is -2.12. The second-order valence-corrected chi connectivity index (χ2v) is 6.62. The average Bonchev–Trinajstić information content (AvgIpc) is 2.67. The number of nitrogens with zero attached hydrogens (tertiary/aromatic N) is 1. The maximum atomic E-state index is 11.7. The molecule has 1 aromatic heterocycles. The van der Waals surface area contributed by atoms with Gasteiger partial charge in [-0.1, -0.05) is 18.6 Å². The third-order valence-electron chi connectivity index (χ3n) is 3.61. The third kappa shape index (κ3) is 9.37. The van der Waals surface area contributed by atoms with E-state index in [1.807, 2.05) is 0 Å². The quantitative estimate of drug-likeness (QED) is 0.166. The van der Waals surface area contributed by atoms with Gasteiger partial charge in [0.25, 0.3) is 0 Å². The number of hydrogen-bond donors (Lipinski definition) is 8. The van der Waals surface area contributed by atoms with Crippen LogP contribution >= 0.6 is 8.60 Å². The van der Waals surface area contributed by atoms with Crippen LogP contribution in [0, 0.1) is 0 Å². The van der Waals surface area contributed by atoms with E-state index in [0.717, 1.165) is 12.8 Å². The summed E-state index contributed by atoms with van der Waals surface area (Å²) in [5.74, 6) is 0.540. The first-order chi connectivity index (χ1) is 13.7. The van der Waals surface area contributed by atoms with Gasteiger partial charge in [-0.2, -0.15) is 0 Å². The molecular formula is C17H28N7O4P. The number of nitrogens with one attached hydrogen (secondary N) is 1. The van der Waals surface area contributed by atoms with Crippen LogP contribution in [0.25, 0.3) is 0 Å². The van der Waals surface area contributed by atoms with Gasteiger partial charge < -0.3 is 48.3 Å². The van der Waals surface area contributed by atoms with Gasteiger partial charge in [-0.05, 0) is 43.7 Å². The maximum absolute atomic E-state index is 11.7. The van der Waals surface area contributed by atoms with Gasteiger partial charge in [0.05, 0.1) is 17.4 Å². The van der Waals surface area contributed by atoms with Crippen LogP contribution in [0.2, 0.25) is 0 Å². The number of para-hydroxylation sites is 2. The average molecular weight is 425 g/mol. The van der Waals surface area contributed by atoms with Crippen molar-refractivity contribution in [3.63, 3.8) is 0 Å². The Morgan fingerprint density at radius 3 is 2.38 bits per heavy atom. The molecule has 0 saturated heterocycles. The molecule has 1 aromatic carbocycles. The van der Waals surface area contributed by atoms with E-state index in [2.05, 4.69) is 14.8 Å². The predicted octanol–water partition coefficient (Wildman–Crippen LogP) is 0.500. The summed E-state index contributed by atoms with van der Waals surface area (Å²) >= 11 is 0. The van der Waals surface area contributed by atoms with Crippen LogP contribution in [0.15, 0.2) is 36.4 Å². The van der Waals surface area contributed by atoms with E-state index in [4.69, 9.17) is 38.5 Å². The van der Waals surface area contributed by atoms with Gasteiger partial charge in [-0.25, -0.2) is 4.98 Å². The molecule has 2 aromatic rings. The van der Waals surface area contributed by atoms with Crippen LogP contribution in [0.4, 0.5) is 23.0 Å². The molecule has 12 heteroatoms. The minimum absolute atomic E-state index is 0.185. The van der Waals surface area contributed by atoms with Crippen molar-refractivity contribution in [3.8, 4) is 5.75 Å². The number of pyridine rings is 1. The molecule has 2 rings (SSSR count). The molecule has 11 nitrogen and oxygen atoms in total. The molecule has 1 heterocycles. The minimum Gasteiger partial charge on any atom is -0.425 e. The molecule has 1 amide bonds. The molecule has 0 aliphatic heterocycles. The summed E-state index contributed by atoms with van der Waals surface area (Å²) in [5, 5.41) is 2.59.